The molecule has 9 nitrogen and oxygen atoms in total. The summed E-state index contributed by atoms with van der Waals surface area (Å²) in [5, 5.41) is 11.3. The molecule has 0 aliphatic carbocycles. The van der Waals surface area contributed by atoms with Gasteiger partial charge in [-0.25, -0.2) is 19.7 Å². The van der Waals surface area contributed by atoms with Crippen LogP contribution in [0.4, 0.5) is 5.95 Å². The first-order valence-electron chi connectivity index (χ1n) is 16.5. The van der Waals surface area contributed by atoms with Crippen LogP contribution in [0.3, 0.4) is 0 Å². The van der Waals surface area contributed by atoms with Crippen molar-refractivity contribution in [2.24, 2.45) is 0 Å². The monoisotopic (exact) mass is 641 g/mol. The molecule has 2 aromatic heterocycles. The molecule has 0 radical (unpaired) electrons. The summed E-state index contributed by atoms with van der Waals surface area (Å²) < 4.78 is 13.4. The average Bonchev–Trinajstić information content (AvgIpc) is 3.41. The summed E-state index contributed by atoms with van der Waals surface area (Å²) in [5.74, 6) is 1.04. The quantitative estimate of drug-likeness (QED) is 0.248. The molecule has 4 aromatic rings. The SMILES string of the molecule is Cc1cc2nc3sc2c(c1C(OC(C)(C)C)C(=O)O)-c1ccc2c(c1)C(CCCCCN(C)C1CN(C1)c1nccc-3n1)CCO2. The minimum atomic E-state index is -1.15. The number of anilines is 1. The Morgan fingerprint density at radius 2 is 1.93 bits per heavy atom. The van der Waals surface area contributed by atoms with E-state index in [1.807, 2.05) is 46.0 Å². The van der Waals surface area contributed by atoms with Gasteiger partial charge in [0, 0.05) is 36.5 Å². The van der Waals surface area contributed by atoms with Crippen molar-refractivity contribution in [3.05, 3.63) is 53.2 Å². The van der Waals surface area contributed by atoms with Gasteiger partial charge in [-0.15, -0.1) is 11.3 Å². The molecule has 242 valence electrons. The fraction of sp³-hybridized carbons (Fsp3) is 0.500. The number of nitrogens with zero attached hydrogens (tertiary/aromatic N) is 5. The lowest BCUT2D eigenvalue weighted by Crippen LogP contribution is -2.59. The largest absolute Gasteiger partial charge is 0.493 e. The Bertz CT molecular complexity index is 1780. The number of fused-ring (bicyclic) bond motifs is 5. The van der Waals surface area contributed by atoms with Crippen molar-refractivity contribution in [3.63, 3.8) is 0 Å². The Morgan fingerprint density at radius 1 is 1.11 bits per heavy atom. The lowest BCUT2D eigenvalue weighted by atomic mass is 9.85. The number of hydrogen-bond donors (Lipinski definition) is 1. The first kappa shape index (κ1) is 31.0. The number of thiazole rings is 1. The predicted molar refractivity (Wildman–Crippen MR) is 182 cm³/mol. The Balaban J connectivity index is 1.43. The molecule has 46 heavy (non-hydrogen) atoms. The number of hydrogen-bond acceptors (Lipinski definition) is 9. The molecule has 0 spiro atoms. The minimum absolute atomic E-state index is 0.397. The van der Waals surface area contributed by atoms with Crippen LogP contribution >= 0.6 is 11.3 Å². The molecule has 10 heteroatoms. The zero-order chi connectivity index (χ0) is 32.2. The van der Waals surface area contributed by atoms with E-state index < -0.39 is 17.7 Å². The number of carboxylic acid groups (broad SMARTS) is 1. The third-order valence-electron chi connectivity index (χ3n) is 9.54. The zero-order valence-electron chi connectivity index (χ0n) is 27.4. The summed E-state index contributed by atoms with van der Waals surface area (Å²) in [6.45, 7) is 11.3. The number of carbonyl (C=O) groups is 1. The van der Waals surface area contributed by atoms with E-state index in [1.165, 1.54) is 18.4 Å². The van der Waals surface area contributed by atoms with Crippen LogP contribution in [-0.2, 0) is 9.53 Å². The van der Waals surface area contributed by atoms with Crippen molar-refractivity contribution >= 4 is 33.5 Å². The molecule has 4 aliphatic rings. The average molecular weight is 642 g/mol. The summed E-state index contributed by atoms with van der Waals surface area (Å²) in [5.41, 5.74) is 5.45. The van der Waals surface area contributed by atoms with Gasteiger partial charge < -0.3 is 19.5 Å². The Kier molecular flexibility index (Phi) is 8.23. The van der Waals surface area contributed by atoms with Crippen molar-refractivity contribution in [2.75, 3.05) is 38.2 Å². The maximum atomic E-state index is 12.9. The molecule has 4 aliphatic heterocycles. The van der Waals surface area contributed by atoms with Gasteiger partial charge in [0.15, 0.2) is 6.10 Å². The van der Waals surface area contributed by atoms with E-state index in [4.69, 9.17) is 19.4 Å². The van der Waals surface area contributed by atoms with Crippen LogP contribution in [0.25, 0.3) is 32.0 Å². The second-order valence-corrected chi connectivity index (χ2v) is 15.0. The van der Waals surface area contributed by atoms with Crippen molar-refractivity contribution in [2.45, 2.75) is 83.5 Å². The first-order chi connectivity index (χ1) is 22.1. The van der Waals surface area contributed by atoms with Crippen LogP contribution in [0.5, 0.6) is 5.75 Å². The zero-order valence-corrected chi connectivity index (χ0v) is 28.2. The van der Waals surface area contributed by atoms with Gasteiger partial charge in [-0.1, -0.05) is 18.9 Å². The van der Waals surface area contributed by atoms with Gasteiger partial charge in [-0.3, -0.25) is 4.90 Å². The van der Waals surface area contributed by atoms with Crippen LogP contribution in [-0.4, -0.2) is 75.9 Å². The summed E-state index contributed by atoms with van der Waals surface area (Å²) >= 11 is 1.55. The van der Waals surface area contributed by atoms with Crippen molar-refractivity contribution in [3.8, 4) is 27.6 Å². The minimum Gasteiger partial charge on any atom is -0.493 e. The van der Waals surface area contributed by atoms with Gasteiger partial charge >= 0.3 is 5.97 Å². The van der Waals surface area contributed by atoms with Crippen LogP contribution in [0.2, 0.25) is 0 Å². The van der Waals surface area contributed by atoms with Gasteiger partial charge in [-0.05, 0) is 107 Å². The Hall–Kier alpha value is -3.60. The summed E-state index contributed by atoms with van der Waals surface area (Å²) in [6.07, 6.45) is 6.28. The van der Waals surface area contributed by atoms with Crippen LogP contribution in [0, 0.1) is 6.92 Å². The molecule has 6 heterocycles. The molecule has 1 saturated heterocycles. The summed E-state index contributed by atoms with van der Waals surface area (Å²) in [6, 6.07) is 10.8. The number of carboxylic acids is 1. The Morgan fingerprint density at radius 3 is 2.72 bits per heavy atom. The number of aryl methyl sites for hydroxylation is 1. The van der Waals surface area contributed by atoms with E-state index in [2.05, 4.69) is 40.0 Å². The van der Waals surface area contributed by atoms with Gasteiger partial charge in [0.2, 0.25) is 5.95 Å². The van der Waals surface area contributed by atoms with Crippen molar-refractivity contribution in [1.29, 1.82) is 0 Å². The molecule has 8 bridgehead atoms. The molecule has 1 fully saturated rings. The highest BCUT2D eigenvalue weighted by Gasteiger charge is 2.34. The molecule has 2 aromatic carbocycles. The molecule has 1 N–H and O–H groups in total. The van der Waals surface area contributed by atoms with E-state index in [1.54, 1.807) is 11.3 Å². The van der Waals surface area contributed by atoms with Crippen LogP contribution in [0.15, 0.2) is 36.5 Å². The van der Waals surface area contributed by atoms with Crippen molar-refractivity contribution in [1.82, 2.24) is 19.9 Å². The molecule has 8 rings (SSSR count). The number of likely N-dealkylation sites (N-methyl/N-ethyl adjacent to an activating group) is 1. The fourth-order valence-electron chi connectivity index (χ4n) is 7.08. The molecule has 2 atom stereocenters. The highest BCUT2D eigenvalue weighted by molar-refractivity contribution is 7.22. The second-order valence-electron chi connectivity index (χ2n) is 14.0. The van der Waals surface area contributed by atoms with E-state index in [0.717, 1.165) is 94.8 Å². The lowest BCUT2D eigenvalue weighted by Gasteiger charge is -2.44. The third-order valence-corrected chi connectivity index (χ3v) is 10.7. The second kappa shape index (κ2) is 12.2. The molecule has 2 unspecified atom stereocenters. The van der Waals surface area contributed by atoms with Crippen molar-refractivity contribution < 1.29 is 19.4 Å². The normalized spacial score (nSPS) is 21.0. The highest BCUT2D eigenvalue weighted by atomic mass is 32.1. The maximum Gasteiger partial charge on any atom is 0.337 e. The van der Waals surface area contributed by atoms with E-state index in [9.17, 15) is 9.90 Å². The molecular weight excluding hydrogens is 598 g/mol. The number of aromatic nitrogens is 3. The van der Waals surface area contributed by atoms with E-state index in [-0.39, 0.29) is 0 Å². The topological polar surface area (TPSA) is 101 Å². The standard InChI is InChI=1S/C36H43N5O4S/c1-21-17-27-32-30(29(21)31(34(42)43)45-36(2,3)4)23-10-11-28-25(18-23)22(13-16-44-28)9-7-6-8-15-40(5)24-19-41(20-24)35-37-14-12-26(39-35)33(38-27)46-32/h10-12,14,17-18,22,24,31H,6-9,13,15-16,19-20H2,1-5H3,(H,42,43). The molecule has 0 amide bonds. The lowest BCUT2D eigenvalue weighted by molar-refractivity contribution is -0.160. The smallest absolute Gasteiger partial charge is 0.337 e. The molecular formula is C36H43N5O4S. The first-order valence-corrected chi connectivity index (χ1v) is 17.3. The highest BCUT2D eigenvalue weighted by Crippen LogP contribution is 2.47. The fourth-order valence-corrected chi connectivity index (χ4v) is 8.18. The Labute approximate surface area is 274 Å². The summed E-state index contributed by atoms with van der Waals surface area (Å²) in [7, 11) is 2.23. The number of ether oxygens (including phenoxy) is 2. The van der Waals surface area contributed by atoms with Gasteiger partial charge in [0.25, 0.3) is 0 Å². The van der Waals surface area contributed by atoms with E-state index in [0.29, 0.717) is 17.5 Å². The van der Waals surface area contributed by atoms with Gasteiger partial charge in [0.05, 0.1) is 22.4 Å². The number of rotatable bonds is 3. The number of benzene rings is 2. The summed E-state index contributed by atoms with van der Waals surface area (Å²) in [4.78, 5) is 32.3. The van der Waals surface area contributed by atoms with Gasteiger partial charge in [0.1, 0.15) is 16.5 Å². The van der Waals surface area contributed by atoms with E-state index >= 15 is 0 Å². The maximum absolute atomic E-state index is 12.9. The van der Waals surface area contributed by atoms with Crippen LogP contribution < -0.4 is 9.64 Å². The van der Waals surface area contributed by atoms with Crippen LogP contribution in [0.1, 0.15) is 81.6 Å². The molecule has 0 saturated carbocycles. The predicted octanol–water partition coefficient (Wildman–Crippen LogP) is 7.23. The number of aliphatic carboxylic acids is 1. The third kappa shape index (κ3) is 5.98. The van der Waals surface area contributed by atoms with Gasteiger partial charge in [-0.2, -0.15) is 0 Å².